The van der Waals surface area contributed by atoms with Gasteiger partial charge in [0.15, 0.2) is 0 Å². The Bertz CT molecular complexity index is 232. The molecule has 0 bridgehead atoms. The number of hydrogen-bond acceptors (Lipinski definition) is 2. The quantitative estimate of drug-likeness (QED) is 0.698. The van der Waals surface area contributed by atoms with E-state index in [9.17, 15) is 4.79 Å². The average Bonchev–Trinajstić information content (AvgIpc) is 2.84. The summed E-state index contributed by atoms with van der Waals surface area (Å²) in [5.41, 5.74) is 5.96. The number of nitrogens with one attached hydrogen (secondary N) is 1. The van der Waals surface area contributed by atoms with Gasteiger partial charge in [-0.2, -0.15) is 0 Å². The molecule has 2 aliphatic rings. The second-order valence-corrected chi connectivity index (χ2v) is 4.69. The minimum absolute atomic E-state index is 0.0738. The van der Waals surface area contributed by atoms with Crippen LogP contribution in [-0.4, -0.2) is 35.6 Å². The third-order valence-electron chi connectivity index (χ3n) is 2.95. The monoisotopic (exact) mass is 197 g/mol. The molecule has 0 aromatic heterocycles. The number of urea groups is 1. The summed E-state index contributed by atoms with van der Waals surface area (Å²) >= 11 is 0. The summed E-state index contributed by atoms with van der Waals surface area (Å²) in [7, 11) is 0. The summed E-state index contributed by atoms with van der Waals surface area (Å²) in [6, 6.07) is 0.520. The van der Waals surface area contributed by atoms with Crippen LogP contribution < -0.4 is 11.1 Å². The van der Waals surface area contributed by atoms with E-state index in [1.165, 1.54) is 0 Å². The predicted molar refractivity (Wildman–Crippen MR) is 55.0 cm³/mol. The van der Waals surface area contributed by atoms with Gasteiger partial charge in [0, 0.05) is 19.1 Å². The van der Waals surface area contributed by atoms with E-state index in [-0.39, 0.29) is 11.6 Å². The van der Waals surface area contributed by atoms with E-state index in [0.29, 0.717) is 6.04 Å². The van der Waals surface area contributed by atoms with Crippen molar-refractivity contribution in [2.75, 3.05) is 13.1 Å². The lowest BCUT2D eigenvalue weighted by molar-refractivity contribution is 0.0896. The Morgan fingerprint density at radius 1 is 1.57 bits per heavy atom. The molecular weight excluding hydrogens is 178 g/mol. The number of rotatable bonds is 3. The summed E-state index contributed by atoms with van der Waals surface area (Å²) in [5.74, 6) is 0. The van der Waals surface area contributed by atoms with Crippen LogP contribution in [0.25, 0.3) is 0 Å². The van der Waals surface area contributed by atoms with Gasteiger partial charge in [-0.05, 0) is 19.3 Å². The lowest BCUT2D eigenvalue weighted by Gasteiger charge is -2.47. The zero-order valence-corrected chi connectivity index (χ0v) is 8.75. The van der Waals surface area contributed by atoms with Crippen molar-refractivity contribution in [1.29, 1.82) is 0 Å². The maximum atomic E-state index is 11.5. The van der Waals surface area contributed by atoms with E-state index in [2.05, 4.69) is 12.2 Å². The highest BCUT2D eigenvalue weighted by Gasteiger charge is 2.42. The molecule has 4 heteroatoms. The number of carbonyl (C=O) groups is 1. The number of nitrogens with two attached hydrogens (primary N) is 1. The van der Waals surface area contributed by atoms with Gasteiger partial charge in [-0.3, -0.25) is 0 Å². The molecular formula is C10H19N3O. The Morgan fingerprint density at radius 3 is 2.71 bits per heavy atom. The van der Waals surface area contributed by atoms with Crippen LogP contribution in [0.4, 0.5) is 4.79 Å². The molecule has 1 aliphatic carbocycles. The van der Waals surface area contributed by atoms with Crippen LogP contribution in [0.5, 0.6) is 0 Å². The van der Waals surface area contributed by atoms with Crippen molar-refractivity contribution in [2.45, 2.75) is 44.2 Å². The van der Waals surface area contributed by atoms with Gasteiger partial charge in [0.25, 0.3) is 0 Å². The largest absolute Gasteiger partial charge is 0.335 e. The van der Waals surface area contributed by atoms with Crippen molar-refractivity contribution in [3.8, 4) is 0 Å². The lowest BCUT2D eigenvalue weighted by Crippen LogP contribution is -2.69. The predicted octanol–water partition coefficient (Wildman–Crippen LogP) is 0.672. The van der Waals surface area contributed by atoms with Crippen LogP contribution >= 0.6 is 0 Å². The van der Waals surface area contributed by atoms with Crippen molar-refractivity contribution < 1.29 is 4.79 Å². The highest BCUT2D eigenvalue weighted by molar-refractivity contribution is 5.76. The normalized spacial score (nSPS) is 24.3. The van der Waals surface area contributed by atoms with Crippen LogP contribution in [0, 0.1) is 0 Å². The topological polar surface area (TPSA) is 58.4 Å². The second-order valence-electron chi connectivity index (χ2n) is 4.69. The Hall–Kier alpha value is -0.770. The van der Waals surface area contributed by atoms with Gasteiger partial charge >= 0.3 is 6.03 Å². The first-order chi connectivity index (χ1) is 6.63. The minimum atomic E-state index is -0.102. The first-order valence-electron chi connectivity index (χ1n) is 5.47. The molecule has 0 spiro atoms. The van der Waals surface area contributed by atoms with Gasteiger partial charge in [-0.25, -0.2) is 4.79 Å². The Morgan fingerprint density at radius 2 is 2.21 bits per heavy atom. The van der Waals surface area contributed by atoms with Crippen LogP contribution in [0.1, 0.15) is 32.6 Å². The molecule has 0 radical (unpaired) electrons. The summed E-state index contributed by atoms with van der Waals surface area (Å²) in [4.78, 5) is 13.3. The van der Waals surface area contributed by atoms with Crippen molar-refractivity contribution >= 4 is 6.03 Å². The van der Waals surface area contributed by atoms with Gasteiger partial charge in [0.2, 0.25) is 0 Å². The standard InChI is InChI=1S/C10H19N3O/c1-2-5-10(11)6-13(7-10)9(14)12-8-3-4-8/h8H,2-7,11H2,1H3,(H,12,14). The smallest absolute Gasteiger partial charge is 0.317 e. The van der Waals surface area contributed by atoms with Gasteiger partial charge in [0.1, 0.15) is 0 Å². The summed E-state index contributed by atoms with van der Waals surface area (Å²) in [5, 5.41) is 2.97. The molecule has 0 aromatic carbocycles. The van der Waals surface area contributed by atoms with Crippen molar-refractivity contribution in [1.82, 2.24) is 10.2 Å². The molecule has 2 fully saturated rings. The third-order valence-corrected chi connectivity index (χ3v) is 2.95. The lowest BCUT2D eigenvalue weighted by atomic mass is 9.87. The van der Waals surface area contributed by atoms with E-state index in [1.807, 2.05) is 4.90 Å². The molecule has 0 atom stereocenters. The van der Waals surface area contributed by atoms with Crippen LogP contribution in [-0.2, 0) is 0 Å². The third kappa shape index (κ3) is 2.00. The molecule has 3 N–H and O–H groups in total. The van der Waals surface area contributed by atoms with E-state index in [0.717, 1.165) is 38.8 Å². The SMILES string of the molecule is CCCC1(N)CN(C(=O)NC2CC2)C1. The second kappa shape index (κ2) is 3.42. The van der Waals surface area contributed by atoms with E-state index in [4.69, 9.17) is 5.73 Å². The fraction of sp³-hybridized carbons (Fsp3) is 0.900. The zero-order valence-electron chi connectivity index (χ0n) is 8.75. The maximum absolute atomic E-state index is 11.5. The fourth-order valence-corrected chi connectivity index (χ4v) is 2.01. The van der Waals surface area contributed by atoms with Gasteiger partial charge < -0.3 is 16.0 Å². The van der Waals surface area contributed by atoms with Crippen LogP contribution in [0.15, 0.2) is 0 Å². The Balaban J connectivity index is 1.72. The summed E-state index contributed by atoms with van der Waals surface area (Å²) in [6.45, 7) is 3.57. The van der Waals surface area contributed by atoms with Gasteiger partial charge in [-0.1, -0.05) is 13.3 Å². The molecule has 0 aromatic rings. The highest BCUT2D eigenvalue weighted by Crippen LogP contribution is 2.25. The molecule has 1 saturated heterocycles. The van der Waals surface area contributed by atoms with Crippen molar-refractivity contribution in [3.63, 3.8) is 0 Å². The summed E-state index contributed by atoms with van der Waals surface area (Å²) in [6.07, 6.45) is 4.39. The van der Waals surface area contributed by atoms with E-state index in [1.54, 1.807) is 0 Å². The average molecular weight is 197 g/mol. The molecule has 0 unspecified atom stereocenters. The van der Waals surface area contributed by atoms with E-state index < -0.39 is 0 Å². The first-order valence-corrected chi connectivity index (χ1v) is 5.47. The number of likely N-dealkylation sites (tertiary alicyclic amines) is 1. The molecule has 1 heterocycles. The molecule has 80 valence electrons. The number of amides is 2. The maximum Gasteiger partial charge on any atom is 0.317 e. The number of hydrogen-bond donors (Lipinski definition) is 2. The summed E-state index contributed by atoms with van der Waals surface area (Å²) < 4.78 is 0. The fourth-order valence-electron chi connectivity index (χ4n) is 2.01. The van der Waals surface area contributed by atoms with Crippen molar-refractivity contribution in [3.05, 3.63) is 0 Å². The van der Waals surface area contributed by atoms with Crippen LogP contribution in [0.2, 0.25) is 0 Å². The Kier molecular flexibility index (Phi) is 2.39. The van der Waals surface area contributed by atoms with Crippen LogP contribution in [0.3, 0.4) is 0 Å². The first kappa shape index (κ1) is 9.77. The Labute approximate surface area is 84.8 Å². The molecule has 14 heavy (non-hydrogen) atoms. The minimum Gasteiger partial charge on any atom is -0.335 e. The molecule has 2 rings (SSSR count). The van der Waals surface area contributed by atoms with E-state index >= 15 is 0 Å². The van der Waals surface area contributed by atoms with Crippen molar-refractivity contribution in [2.24, 2.45) is 5.73 Å². The molecule has 4 nitrogen and oxygen atoms in total. The van der Waals surface area contributed by atoms with Gasteiger partial charge in [-0.15, -0.1) is 0 Å². The molecule has 1 saturated carbocycles. The number of carbonyl (C=O) groups excluding carboxylic acids is 1. The molecule has 1 aliphatic heterocycles. The zero-order chi connectivity index (χ0) is 10.2. The molecule has 2 amide bonds. The number of nitrogens with zero attached hydrogens (tertiary/aromatic N) is 1. The highest BCUT2D eigenvalue weighted by atomic mass is 16.2. The van der Waals surface area contributed by atoms with Gasteiger partial charge in [0.05, 0.1) is 5.54 Å².